The maximum atomic E-state index is 13.0. The smallest absolute Gasteiger partial charge is 0.352 e. The second-order valence-electron chi connectivity index (χ2n) is 4.85. The minimum atomic E-state index is -4.52. The first kappa shape index (κ1) is 16.0. The Morgan fingerprint density at radius 2 is 2.19 bits per heavy atom. The number of halogens is 3. The Balaban J connectivity index is 2.33. The highest BCUT2D eigenvalue weighted by Gasteiger charge is 2.39. The van der Waals surface area contributed by atoms with E-state index in [-0.39, 0.29) is 11.6 Å². The van der Waals surface area contributed by atoms with E-state index in [1.54, 1.807) is 0 Å². The topological polar surface area (TPSA) is 62.3 Å². The first-order valence-corrected chi connectivity index (χ1v) is 8.10. The van der Waals surface area contributed by atoms with Crippen molar-refractivity contribution in [2.75, 3.05) is 24.2 Å². The quantitative estimate of drug-likeness (QED) is 0.915. The molecule has 1 atom stereocenters. The lowest BCUT2D eigenvalue weighted by molar-refractivity contribution is -0.137. The van der Waals surface area contributed by atoms with Crippen LogP contribution in [0.1, 0.15) is 18.4 Å². The number of nitrogens with zero attached hydrogens (tertiary/aromatic N) is 2. The summed E-state index contributed by atoms with van der Waals surface area (Å²) in [6.45, 7) is 0.365. The number of hydrogen-bond acceptors (Lipinski definition) is 4. The molecule has 2 rings (SSSR count). The van der Waals surface area contributed by atoms with Crippen molar-refractivity contribution < 1.29 is 21.6 Å². The fraction of sp³-hybridized carbons (Fsp3) is 0.583. The lowest BCUT2D eigenvalue weighted by Gasteiger charge is -2.27. The van der Waals surface area contributed by atoms with Crippen LogP contribution < -0.4 is 9.62 Å². The molecule has 0 radical (unpaired) electrons. The van der Waals surface area contributed by atoms with Gasteiger partial charge in [-0.25, -0.2) is 18.1 Å². The van der Waals surface area contributed by atoms with E-state index in [4.69, 9.17) is 0 Å². The molecule has 1 aromatic heterocycles. The molecular weight excluding hydrogens is 307 g/mol. The van der Waals surface area contributed by atoms with E-state index in [1.165, 1.54) is 24.2 Å². The number of anilines is 1. The molecule has 0 aliphatic carbocycles. The van der Waals surface area contributed by atoms with Crippen molar-refractivity contribution in [1.29, 1.82) is 0 Å². The Kier molecular flexibility index (Phi) is 4.43. The Labute approximate surface area is 121 Å². The van der Waals surface area contributed by atoms with Crippen LogP contribution in [-0.2, 0) is 16.2 Å². The lowest BCUT2D eigenvalue weighted by Crippen LogP contribution is -2.39. The van der Waals surface area contributed by atoms with Crippen LogP contribution in [0.4, 0.5) is 19.0 Å². The molecule has 9 heteroatoms. The van der Waals surface area contributed by atoms with Crippen molar-refractivity contribution in [3.8, 4) is 0 Å². The summed E-state index contributed by atoms with van der Waals surface area (Å²) < 4.78 is 64.6. The van der Waals surface area contributed by atoms with Crippen LogP contribution in [0.2, 0.25) is 0 Å². The van der Waals surface area contributed by atoms with Gasteiger partial charge in [0.2, 0.25) is 10.0 Å². The highest BCUT2D eigenvalue weighted by Crippen LogP contribution is 2.37. The van der Waals surface area contributed by atoms with Gasteiger partial charge in [-0.15, -0.1) is 0 Å². The van der Waals surface area contributed by atoms with Crippen LogP contribution in [0.5, 0.6) is 0 Å². The first-order chi connectivity index (χ1) is 9.74. The van der Waals surface area contributed by atoms with Gasteiger partial charge in [0.05, 0.1) is 11.3 Å². The van der Waals surface area contributed by atoms with Crippen LogP contribution in [0.3, 0.4) is 0 Å². The summed E-state index contributed by atoms with van der Waals surface area (Å²) in [6, 6.07) is 1.69. The molecule has 1 saturated heterocycles. The summed E-state index contributed by atoms with van der Waals surface area (Å²) in [7, 11) is -2.20. The molecule has 0 amide bonds. The van der Waals surface area contributed by atoms with Crippen molar-refractivity contribution in [1.82, 2.24) is 9.71 Å². The normalized spacial score (nSPS) is 20.0. The summed E-state index contributed by atoms with van der Waals surface area (Å²) in [4.78, 5) is 5.27. The van der Waals surface area contributed by atoms with E-state index in [0.29, 0.717) is 19.4 Å². The largest absolute Gasteiger partial charge is 0.419 e. The van der Waals surface area contributed by atoms with E-state index in [9.17, 15) is 21.6 Å². The fourth-order valence-electron chi connectivity index (χ4n) is 2.47. The van der Waals surface area contributed by atoms with Crippen molar-refractivity contribution >= 4 is 15.8 Å². The van der Waals surface area contributed by atoms with E-state index in [0.717, 1.165) is 6.07 Å². The fourth-order valence-corrected chi connectivity index (χ4v) is 3.49. The highest BCUT2D eigenvalue weighted by atomic mass is 32.2. The third-order valence-corrected chi connectivity index (χ3v) is 4.91. The average Bonchev–Trinajstić information content (AvgIpc) is 2.85. The van der Waals surface area contributed by atoms with Crippen molar-refractivity contribution in [3.63, 3.8) is 0 Å². The van der Waals surface area contributed by atoms with Gasteiger partial charge in [-0.1, -0.05) is 0 Å². The number of sulfonamides is 1. The van der Waals surface area contributed by atoms with Crippen molar-refractivity contribution in [2.45, 2.75) is 25.1 Å². The summed E-state index contributed by atoms with van der Waals surface area (Å²) in [5.74, 6) is -0.434. The Bertz CT molecular complexity index is 604. The Morgan fingerprint density at radius 3 is 2.81 bits per heavy atom. The van der Waals surface area contributed by atoms with Crippen LogP contribution in [0, 0.1) is 0 Å². The number of aromatic nitrogens is 1. The molecule has 1 aromatic rings. The molecule has 21 heavy (non-hydrogen) atoms. The van der Waals surface area contributed by atoms with Gasteiger partial charge in [-0.3, -0.25) is 0 Å². The zero-order chi connectivity index (χ0) is 15.7. The molecule has 1 aliphatic rings. The van der Waals surface area contributed by atoms with Crippen LogP contribution >= 0.6 is 0 Å². The van der Waals surface area contributed by atoms with Gasteiger partial charge in [0.15, 0.2) is 0 Å². The molecule has 0 aromatic carbocycles. The molecule has 1 fully saturated rings. The predicted octanol–water partition coefficient (Wildman–Crippen LogP) is 1.62. The summed E-state index contributed by atoms with van der Waals surface area (Å²) in [5.41, 5.74) is -0.834. The maximum absolute atomic E-state index is 13.0. The summed E-state index contributed by atoms with van der Waals surface area (Å²) >= 11 is 0. The third kappa shape index (κ3) is 3.65. The lowest BCUT2D eigenvalue weighted by atomic mass is 10.2. The van der Waals surface area contributed by atoms with E-state index < -0.39 is 27.8 Å². The Morgan fingerprint density at radius 1 is 1.48 bits per heavy atom. The van der Waals surface area contributed by atoms with Gasteiger partial charge in [-0.2, -0.15) is 13.2 Å². The van der Waals surface area contributed by atoms with Crippen LogP contribution in [-0.4, -0.2) is 38.8 Å². The van der Waals surface area contributed by atoms with Crippen molar-refractivity contribution in [3.05, 3.63) is 23.9 Å². The zero-order valence-electron chi connectivity index (χ0n) is 11.4. The van der Waals surface area contributed by atoms with E-state index in [2.05, 4.69) is 9.71 Å². The average molecular weight is 323 g/mol. The molecule has 0 spiro atoms. The van der Waals surface area contributed by atoms with E-state index >= 15 is 0 Å². The number of rotatable bonds is 4. The van der Waals surface area contributed by atoms with Crippen LogP contribution in [0.25, 0.3) is 0 Å². The molecule has 5 nitrogen and oxygen atoms in total. The molecule has 1 aliphatic heterocycles. The third-order valence-electron chi connectivity index (χ3n) is 3.46. The maximum Gasteiger partial charge on any atom is 0.419 e. The molecule has 0 bridgehead atoms. The number of hydrogen-bond donors (Lipinski definition) is 1. The molecule has 0 unspecified atom stereocenters. The second kappa shape index (κ2) is 5.80. The standard InChI is InChI=1S/C12H16F3N3O2S/c1-16-21(19,20)8-9-4-3-7-18(9)11-10(12(13,14)15)5-2-6-17-11/h2,5-6,9,16H,3-4,7-8H2,1H3/t9-/m1/s1. The molecule has 2 heterocycles. The number of pyridine rings is 1. The predicted molar refractivity (Wildman–Crippen MR) is 72.5 cm³/mol. The van der Waals surface area contributed by atoms with Gasteiger partial charge in [0, 0.05) is 18.8 Å². The van der Waals surface area contributed by atoms with Crippen molar-refractivity contribution in [2.24, 2.45) is 0 Å². The minimum Gasteiger partial charge on any atom is -0.352 e. The minimum absolute atomic E-state index is 0.196. The summed E-state index contributed by atoms with van der Waals surface area (Å²) in [5, 5.41) is 0. The SMILES string of the molecule is CNS(=O)(=O)C[C@H]1CCCN1c1ncccc1C(F)(F)F. The molecule has 118 valence electrons. The van der Waals surface area contributed by atoms with Gasteiger partial charge in [-0.05, 0) is 32.0 Å². The molecule has 0 saturated carbocycles. The monoisotopic (exact) mass is 323 g/mol. The first-order valence-electron chi connectivity index (χ1n) is 6.44. The highest BCUT2D eigenvalue weighted by molar-refractivity contribution is 7.89. The van der Waals surface area contributed by atoms with Gasteiger partial charge in [0.1, 0.15) is 5.82 Å². The number of alkyl halides is 3. The van der Waals surface area contributed by atoms with Gasteiger partial charge < -0.3 is 4.90 Å². The van der Waals surface area contributed by atoms with Gasteiger partial charge in [0.25, 0.3) is 0 Å². The number of nitrogens with one attached hydrogen (secondary N) is 1. The second-order valence-corrected chi connectivity index (χ2v) is 6.82. The van der Waals surface area contributed by atoms with Crippen LogP contribution in [0.15, 0.2) is 18.3 Å². The Hall–Kier alpha value is -1.35. The molecule has 1 N–H and O–H groups in total. The zero-order valence-corrected chi connectivity index (χ0v) is 12.2. The molecular formula is C12H16F3N3O2S. The van der Waals surface area contributed by atoms with E-state index in [1.807, 2.05) is 0 Å². The van der Waals surface area contributed by atoms with Gasteiger partial charge >= 0.3 is 6.18 Å². The summed E-state index contributed by atoms with van der Waals surface area (Å²) in [6.07, 6.45) is -2.07.